The van der Waals surface area contributed by atoms with E-state index >= 15 is 0 Å². The van der Waals surface area contributed by atoms with Crippen molar-refractivity contribution >= 4 is 5.91 Å². The van der Waals surface area contributed by atoms with Crippen LogP contribution in [0.25, 0.3) is 0 Å². The number of hydrogen-bond acceptors (Lipinski definition) is 4. The fraction of sp³-hybridized carbons (Fsp3) is 0.350. The van der Waals surface area contributed by atoms with Crippen molar-refractivity contribution in [1.82, 2.24) is 4.90 Å². The van der Waals surface area contributed by atoms with Crippen LogP contribution in [0.4, 0.5) is 0 Å². The Hall–Kier alpha value is -2.53. The number of fused-ring (bicyclic) bond motifs is 1. The van der Waals surface area contributed by atoms with Gasteiger partial charge in [0, 0.05) is 6.54 Å². The molecule has 0 saturated carbocycles. The summed E-state index contributed by atoms with van der Waals surface area (Å²) in [4.78, 5) is 14.7. The normalized spacial score (nSPS) is 22.1. The van der Waals surface area contributed by atoms with Crippen LogP contribution in [0.3, 0.4) is 0 Å². The predicted molar refractivity (Wildman–Crippen MR) is 93.0 cm³/mol. The number of benzene rings is 2. The zero-order valence-corrected chi connectivity index (χ0v) is 14.2. The molecule has 0 aliphatic carbocycles. The average Bonchev–Trinajstić information content (AvgIpc) is 3.04. The number of carbonyl (C=O) groups is 1. The minimum atomic E-state index is -1.01. The number of rotatable bonds is 2. The Labute approximate surface area is 146 Å². The van der Waals surface area contributed by atoms with Crippen molar-refractivity contribution in [2.24, 2.45) is 0 Å². The topological polar surface area (TPSA) is 59.0 Å². The first kappa shape index (κ1) is 16.0. The van der Waals surface area contributed by atoms with E-state index < -0.39 is 5.60 Å². The second-order valence-corrected chi connectivity index (χ2v) is 6.65. The van der Waals surface area contributed by atoms with Crippen molar-refractivity contribution < 1.29 is 19.4 Å². The lowest BCUT2D eigenvalue weighted by atomic mass is 9.89. The summed E-state index contributed by atoms with van der Waals surface area (Å²) < 4.78 is 11.2. The van der Waals surface area contributed by atoms with E-state index in [1.54, 1.807) is 23.1 Å². The van der Waals surface area contributed by atoms with Crippen LogP contribution in [-0.2, 0) is 5.60 Å². The van der Waals surface area contributed by atoms with Crippen molar-refractivity contribution in [3.05, 3.63) is 59.2 Å². The largest absolute Gasteiger partial charge is 0.486 e. The molecular weight excluding hydrogens is 318 g/mol. The number of hydrogen-bond donors (Lipinski definition) is 1. The molecule has 0 radical (unpaired) electrons. The Bertz CT molecular complexity index is 819. The molecular formula is C20H21NO4. The number of amides is 1. The standard InChI is InChI=1S/C20H21NO4/c1-14-5-2-3-7-16(14)20(23)9-10-21(13-20)19(22)15-6-4-8-17-18(15)25-12-11-24-17/h2-8,23H,9-13H2,1H3. The molecule has 2 aliphatic heterocycles. The summed E-state index contributed by atoms with van der Waals surface area (Å²) in [5, 5.41) is 11.1. The summed E-state index contributed by atoms with van der Waals surface area (Å²) in [6.45, 7) is 3.69. The monoisotopic (exact) mass is 339 g/mol. The number of aliphatic hydroxyl groups is 1. The minimum Gasteiger partial charge on any atom is -0.486 e. The van der Waals surface area contributed by atoms with Gasteiger partial charge in [0.15, 0.2) is 11.5 Å². The maximum absolute atomic E-state index is 13.0. The van der Waals surface area contributed by atoms with E-state index in [1.807, 2.05) is 31.2 Å². The van der Waals surface area contributed by atoms with E-state index in [0.29, 0.717) is 43.2 Å². The van der Waals surface area contributed by atoms with Crippen molar-refractivity contribution in [3.63, 3.8) is 0 Å². The van der Waals surface area contributed by atoms with E-state index in [0.717, 1.165) is 11.1 Å². The van der Waals surface area contributed by atoms with Gasteiger partial charge in [0.25, 0.3) is 5.91 Å². The van der Waals surface area contributed by atoms with Gasteiger partial charge in [-0.25, -0.2) is 0 Å². The second-order valence-electron chi connectivity index (χ2n) is 6.65. The SMILES string of the molecule is Cc1ccccc1C1(O)CCN(C(=O)c2cccc3c2OCCO3)C1. The molecule has 0 aromatic heterocycles. The molecule has 1 unspecified atom stereocenters. The minimum absolute atomic E-state index is 0.133. The van der Waals surface area contributed by atoms with E-state index in [9.17, 15) is 9.90 Å². The molecule has 1 atom stereocenters. The van der Waals surface area contributed by atoms with Crippen LogP contribution in [0.15, 0.2) is 42.5 Å². The molecule has 5 heteroatoms. The molecule has 2 aromatic rings. The van der Waals surface area contributed by atoms with Gasteiger partial charge in [0.1, 0.15) is 18.8 Å². The summed E-state index contributed by atoms with van der Waals surface area (Å²) in [5.41, 5.74) is 1.41. The van der Waals surface area contributed by atoms with Crippen molar-refractivity contribution in [2.45, 2.75) is 18.9 Å². The third-order valence-corrected chi connectivity index (χ3v) is 4.98. The van der Waals surface area contributed by atoms with E-state index in [2.05, 4.69) is 0 Å². The van der Waals surface area contributed by atoms with Gasteiger partial charge in [-0.05, 0) is 36.6 Å². The van der Waals surface area contributed by atoms with Crippen molar-refractivity contribution in [2.75, 3.05) is 26.3 Å². The van der Waals surface area contributed by atoms with Crippen LogP contribution in [0.1, 0.15) is 27.9 Å². The van der Waals surface area contributed by atoms with E-state index in [-0.39, 0.29) is 12.5 Å². The lowest BCUT2D eigenvalue weighted by Crippen LogP contribution is -2.35. The Morgan fingerprint density at radius 2 is 1.92 bits per heavy atom. The lowest BCUT2D eigenvalue weighted by Gasteiger charge is -2.26. The maximum Gasteiger partial charge on any atom is 0.257 e. The smallest absolute Gasteiger partial charge is 0.257 e. The van der Waals surface area contributed by atoms with Gasteiger partial charge in [-0.3, -0.25) is 4.79 Å². The Kier molecular flexibility index (Phi) is 3.88. The third-order valence-electron chi connectivity index (χ3n) is 4.98. The van der Waals surface area contributed by atoms with Crippen LogP contribution in [-0.4, -0.2) is 42.2 Å². The van der Waals surface area contributed by atoms with Crippen LogP contribution in [0, 0.1) is 6.92 Å². The van der Waals surface area contributed by atoms with Crippen molar-refractivity contribution in [1.29, 1.82) is 0 Å². The fourth-order valence-corrected chi connectivity index (χ4v) is 3.69. The molecule has 130 valence electrons. The summed E-state index contributed by atoms with van der Waals surface area (Å²) in [6, 6.07) is 13.1. The maximum atomic E-state index is 13.0. The summed E-state index contributed by atoms with van der Waals surface area (Å²) in [6.07, 6.45) is 0.524. The first-order valence-electron chi connectivity index (χ1n) is 8.55. The number of likely N-dealkylation sites (tertiary alicyclic amines) is 1. The molecule has 5 nitrogen and oxygen atoms in total. The molecule has 4 rings (SSSR count). The molecule has 1 amide bonds. The molecule has 1 saturated heterocycles. The highest BCUT2D eigenvalue weighted by Gasteiger charge is 2.41. The number of aryl methyl sites for hydroxylation is 1. The van der Waals surface area contributed by atoms with Gasteiger partial charge < -0.3 is 19.5 Å². The number of nitrogens with zero attached hydrogens (tertiary/aromatic N) is 1. The lowest BCUT2D eigenvalue weighted by molar-refractivity contribution is 0.0410. The summed E-state index contributed by atoms with van der Waals surface area (Å²) in [7, 11) is 0. The van der Waals surface area contributed by atoms with Crippen LogP contribution in [0.5, 0.6) is 11.5 Å². The van der Waals surface area contributed by atoms with Gasteiger partial charge >= 0.3 is 0 Å². The van der Waals surface area contributed by atoms with E-state index in [1.165, 1.54) is 0 Å². The third kappa shape index (κ3) is 2.74. The highest BCUT2D eigenvalue weighted by atomic mass is 16.6. The Balaban J connectivity index is 1.60. The van der Waals surface area contributed by atoms with Crippen molar-refractivity contribution in [3.8, 4) is 11.5 Å². The Morgan fingerprint density at radius 1 is 1.12 bits per heavy atom. The first-order chi connectivity index (χ1) is 12.1. The Morgan fingerprint density at radius 3 is 2.76 bits per heavy atom. The number of carbonyl (C=O) groups excluding carboxylic acids is 1. The van der Waals surface area contributed by atoms with Gasteiger partial charge in [-0.2, -0.15) is 0 Å². The van der Waals surface area contributed by atoms with Gasteiger partial charge in [0.2, 0.25) is 0 Å². The molecule has 1 N–H and O–H groups in total. The quantitative estimate of drug-likeness (QED) is 0.913. The molecule has 0 spiro atoms. The fourth-order valence-electron chi connectivity index (χ4n) is 3.69. The van der Waals surface area contributed by atoms with Crippen LogP contribution >= 0.6 is 0 Å². The summed E-state index contributed by atoms with van der Waals surface area (Å²) in [5.74, 6) is 0.974. The molecule has 2 heterocycles. The first-order valence-corrected chi connectivity index (χ1v) is 8.55. The van der Waals surface area contributed by atoms with Crippen LogP contribution in [0.2, 0.25) is 0 Å². The molecule has 25 heavy (non-hydrogen) atoms. The zero-order chi connectivity index (χ0) is 17.4. The number of β-amino-alcohol motifs (C(OH)–C–C–N with tert-alkyl or cyclic N) is 1. The molecule has 1 fully saturated rings. The van der Waals surface area contributed by atoms with Gasteiger partial charge in [-0.1, -0.05) is 30.3 Å². The second kappa shape index (κ2) is 6.08. The van der Waals surface area contributed by atoms with Gasteiger partial charge in [-0.15, -0.1) is 0 Å². The highest BCUT2D eigenvalue weighted by Crippen LogP contribution is 2.38. The number of ether oxygens (including phenoxy) is 2. The average molecular weight is 339 g/mol. The molecule has 0 bridgehead atoms. The summed E-state index contributed by atoms with van der Waals surface area (Å²) >= 11 is 0. The highest BCUT2D eigenvalue weighted by molar-refractivity contribution is 5.98. The number of para-hydroxylation sites is 1. The molecule has 2 aromatic carbocycles. The van der Waals surface area contributed by atoms with Crippen LogP contribution < -0.4 is 9.47 Å². The molecule has 2 aliphatic rings. The zero-order valence-electron chi connectivity index (χ0n) is 14.2. The predicted octanol–water partition coefficient (Wildman–Crippen LogP) is 2.50. The van der Waals surface area contributed by atoms with Gasteiger partial charge in [0.05, 0.1) is 12.1 Å². The van der Waals surface area contributed by atoms with E-state index in [4.69, 9.17) is 9.47 Å².